The molecule has 0 aliphatic carbocycles. The van der Waals surface area contributed by atoms with E-state index in [4.69, 9.17) is 23.2 Å². The second-order valence-electron chi connectivity index (χ2n) is 2.80. The van der Waals surface area contributed by atoms with E-state index in [1.165, 1.54) is 12.1 Å². The Hall–Kier alpha value is -1.26. The minimum absolute atomic E-state index is 0.139. The van der Waals surface area contributed by atoms with Crippen LogP contribution in [-0.2, 0) is 14.3 Å². The number of carbonyl (C=O) groups is 2. The van der Waals surface area contributed by atoms with Crippen LogP contribution in [0.4, 0.5) is 5.69 Å². The number of hydrogen-bond acceptors (Lipinski definition) is 3. The van der Waals surface area contributed by atoms with Gasteiger partial charge < -0.3 is 10.1 Å². The Bertz CT molecular complexity index is 421. The third kappa shape index (κ3) is 3.40. The fourth-order valence-electron chi connectivity index (χ4n) is 0.961. The minimum Gasteiger partial charge on any atom is -0.459 e. The molecule has 1 amide bonds. The van der Waals surface area contributed by atoms with Gasteiger partial charge in [0.1, 0.15) is 0 Å². The highest BCUT2D eigenvalue weighted by Crippen LogP contribution is 2.25. The summed E-state index contributed by atoms with van der Waals surface area (Å²) in [5, 5.41) is 3.02. The minimum atomic E-state index is -0.950. The van der Waals surface area contributed by atoms with Gasteiger partial charge in [0.25, 0.3) is 0 Å². The van der Waals surface area contributed by atoms with Crippen molar-refractivity contribution in [2.45, 2.75) is 6.92 Å². The molecular weight excluding hydrogens is 253 g/mol. The van der Waals surface area contributed by atoms with E-state index in [1.54, 1.807) is 13.0 Å². The predicted molar refractivity (Wildman–Crippen MR) is 61.7 cm³/mol. The molecule has 0 heterocycles. The second-order valence-corrected chi connectivity index (χ2v) is 3.64. The van der Waals surface area contributed by atoms with Crippen LogP contribution in [-0.4, -0.2) is 18.5 Å². The molecule has 0 saturated carbocycles. The maximum absolute atomic E-state index is 11.3. The molecule has 0 aromatic heterocycles. The molecular formula is C10H9Cl2NO3. The summed E-state index contributed by atoms with van der Waals surface area (Å²) in [6.07, 6.45) is 0. The summed E-state index contributed by atoms with van der Waals surface area (Å²) in [7, 11) is 0. The van der Waals surface area contributed by atoms with Gasteiger partial charge in [-0.1, -0.05) is 23.2 Å². The molecule has 0 aliphatic rings. The number of rotatable bonds is 2. The van der Waals surface area contributed by atoms with Crippen molar-refractivity contribution in [3.63, 3.8) is 0 Å². The number of benzene rings is 1. The molecule has 0 unspecified atom stereocenters. The Labute approximate surface area is 102 Å². The summed E-state index contributed by atoms with van der Waals surface area (Å²) in [4.78, 5) is 22.3. The molecule has 0 atom stereocenters. The van der Waals surface area contributed by atoms with Crippen molar-refractivity contribution in [2.75, 3.05) is 11.9 Å². The zero-order valence-corrected chi connectivity index (χ0v) is 9.93. The van der Waals surface area contributed by atoms with E-state index in [0.29, 0.717) is 10.7 Å². The van der Waals surface area contributed by atoms with Crippen LogP contribution in [0.25, 0.3) is 0 Å². The average Bonchev–Trinajstić information content (AvgIpc) is 2.22. The van der Waals surface area contributed by atoms with Crippen molar-refractivity contribution >= 4 is 40.8 Å². The first-order chi connectivity index (χ1) is 7.54. The lowest BCUT2D eigenvalue weighted by Crippen LogP contribution is -2.25. The van der Waals surface area contributed by atoms with Gasteiger partial charge >= 0.3 is 11.9 Å². The molecule has 4 nitrogen and oxygen atoms in total. The lowest BCUT2D eigenvalue weighted by molar-refractivity contribution is -0.152. The second kappa shape index (κ2) is 5.72. The lowest BCUT2D eigenvalue weighted by Gasteiger charge is -2.06. The van der Waals surface area contributed by atoms with Crippen molar-refractivity contribution in [1.82, 2.24) is 0 Å². The third-order valence-electron chi connectivity index (χ3n) is 1.64. The highest BCUT2D eigenvalue weighted by molar-refractivity contribution is 6.40. The molecule has 1 aromatic rings. The Balaban J connectivity index is 2.73. The summed E-state index contributed by atoms with van der Waals surface area (Å²) in [6.45, 7) is 1.75. The molecule has 6 heteroatoms. The molecule has 0 bridgehead atoms. The molecule has 0 spiro atoms. The van der Waals surface area contributed by atoms with Crippen LogP contribution in [0, 0.1) is 0 Å². The smallest absolute Gasteiger partial charge is 0.397 e. The van der Waals surface area contributed by atoms with E-state index in [-0.39, 0.29) is 11.6 Å². The Morgan fingerprint density at radius 2 is 2.06 bits per heavy atom. The summed E-state index contributed by atoms with van der Waals surface area (Å²) in [5.74, 6) is -1.82. The van der Waals surface area contributed by atoms with Crippen molar-refractivity contribution in [3.05, 3.63) is 28.2 Å². The number of hydrogen-bond donors (Lipinski definition) is 1. The zero-order chi connectivity index (χ0) is 12.1. The fraction of sp³-hybridized carbons (Fsp3) is 0.200. The van der Waals surface area contributed by atoms with Crippen molar-refractivity contribution in [3.8, 4) is 0 Å². The average molecular weight is 262 g/mol. The summed E-state index contributed by atoms with van der Waals surface area (Å²) < 4.78 is 4.52. The molecule has 1 N–H and O–H groups in total. The maximum atomic E-state index is 11.3. The van der Waals surface area contributed by atoms with Gasteiger partial charge in [0.2, 0.25) is 0 Å². The van der Waals surface area contributed by atoms with E-state index in [0.717, 1.165) is 0 Å². The number of amides is 1. The predicted octanol–water partition coefficient (Wildman–Crippen LogP) is 2.50. The number of carbonyl (C=O) groups excluding carboxylic acids is 2. The van der Waals surface area contributed by atoms with Gasteiger partial charge in [-0.2, -0.15) is 0 Å². The Morgan fingerprint density at radius 3 is 2.62 bits per heavy atom. The molecule has 0 aliphatic heterocycles. The fourth-order valence-corrected chi connectivity index (χ4v) is 1.42. The van der Waals surface area contributed by atoms with Gasteiger partial charge in [-0.3, -0.25) is 4.79 Å². The van der Waals surface area contributed by atoms with E-state index >= 15 is 0 Å². The molecule has 0 saturated heterocycles. The van der Waals surface area contributed by atoms with Crippen LogP contribution in [0.2, 0.25) is 10.0 Å². The summed E-state index contributed by atoms with van der Waals surface area (Å²) in [6, 6.07) is 4.51. The number of anilines is 1. The van der Waals surface area contributed by atoms with Crippen molar-refractivity contribution in [1.29, 1.82) is 0 Å². The van der Waals surface area contributed by atoms with Crippen LogP contribution in [0.5, 0.6) is 0 Å². The van der Waals surface area contributed by atoms with E-state index in [2.05, 4.69) is 10.1 Å². The highest BCUT2D eigenvalue weighted by Gasteiger charge is 2.15. The van der Waals surface area contributed by atoms with Gasteiger partial charge in [-0.15, -0.1) is 0 Å². The van der Waals surface area contributed by atoms with Gasteiger partial charge in [0.15, 0.2) is 0 Å². The first-order valence-electron chi connectivity index (χ1n) is 4.47. The SMILES string of the molecule is CCOC(=O)C(=O)Nc1ccc(Cl)cc1Cl. The van der Waals surface area contributed by atoms with E-state index in [9.17, 15) is 9.59 Å². The third-order valence-corrected chi connectivity index (χ3v) is 2.19. The zero-order valence-electron chi connectivity index (χ0n) is 8.42. The molecule has 1 aromatic carbocycles. The normalized spacial score (nSPS) is 9.69. The number of halogens is 2. The van der Waals surface area contributed by atoms with Gasteiger partial charge in [-0.25, -0.2) is 4.79 Å². The number of esters is 1. The van der Waals surface area contributed by atoms with Crippen LogP contribution in [0.15, 0.2) is 18.2 Å². The first-order valence-corrected chi connectivity index (χ1v) is 5.23. The van der Waals surface area contributed by atoms with Gasteiger partial charge in [0, 0.05) is 5.02 Å². The topological polar surface area (TPSA) is 55.4 Å². The van der Waals surface area contributed by atoms with Crippen LogP contribution >= 0.6 is 23.2 Å². The lowest BCUT2D eigenvalue weighted by atomic mass is 10.3. The molecule has 16 heavy (non-hydrogen) atoms. The maximum Gasteiger partial charge on any atom is 0.397 e. The van der Waals surface area contributed by atoms with E-state index < -0.39 is 11.9 Å². The largest absolute Gasteiger partial charge is 0.459 e. The quantitative estimate of drug-likeness (QED) is 0.658. The summed E-state index contributed by atoms with van der Waals surface area (Å²) in [5.41, 5.74) is 0.309. The molecule has 1 rings (SSSR count). The van der Waals surface area contributed by atoms with Crippen LogP contribution < -0.4 is 5.32 Å². The first kappa shape index (κ1) is 12.8. The molecule has 86 valence electrons. The van der Waals surface area contributed by atoms with Gasteiger partial charge in [0.05, 0.1) is 17.3 Å². The standard InChI is InChI=1S/C10H9Cl2NO3/c1-2-16-10(15)9(14)13-8-4-3-6(11)5-7(8)12/h3-5H,2H2,1H3,(H,13,14). The Morgan fingerprint density at radius 1 is 1.38 bits per heavy atom. The molecule has 0 radical (unpaired) electrons. The molecule has 0 fully saturated rings. The van der Waals surface area contributed by atoms with Crippen LogP contribution in [0.3, 0.4) is 0 Å². The Kier molecular flexibility index (Phi) is 4.58. The summed E-state index contributed by atoms with van der Waals surface area (Å²) >= 11 is 11.5. The van der Waals surface area contributed by atoms with Gasteiger partial charge in [-0.05, 0) is 25.1 Å². The number of ether oxygens (including phenoxy) is 1. The monoisotopic (exact) mass is 261 g/mol. The number of nitrogens with one attached hydrogen (secondary N) is 1. The van der Waals surface area contributed by atoms with Crippen molar-refractivity contribution < 1.29 is 14.3 Å². The van der Waals surface area contributed by atoms with E-state index in [1.807, 2.05) is 0 Å². The van der Waals surface area contributed by atoms with Crippen molar-refractivity contribution in [2.24, 2.45) is 0 Å². The highest BCUT2D eigenvalue weighted by atomic mass is 35.5. The van der Waals surface area contributed by atoms with Crippen LogP contribution in [0.1, 0.15) is 6.92 Å².